The summed E-state index contributed by atoms with van der Waals surface area (Å²) in [6.07, 6.45) is 0. The monoisotopic (exact) mass is 436 g/mol. The molecule has 12 heteroatoms. The molecule has 0 amide bonds. The van der Waals surface area contributed by atoms with Crippen molar-refractivity contribution in [1.29, 1.82) is 0 Å². The first-order valence-electron chi connectivity index (χ1n) is 7.33. The molecule has 0 saturated carbocycles. The van der Waals surface area contributed by atoms with E-state index in [0.717, 1.165) is 0 Å². The predicted octanol–water partition coefficient (Wildman–Crippen LogP) is 6.35. The quantitative estimate of drug-likeness (QED) is 0.380. The van der Waals surface area contributed by atoms with Crippen molar-refractivity contribution in [3.05, 3.63) is 70.3 Å². The largest absolute Gasteiger partial charge is 0.380 e. The fraction of sp³-hybridized carbons (Fsp3) is 0.176. The van der Waals surface area contributed by atoms with Gasteiger partial charge in [0.2, 0.25) is 0 Å². The van der Waals surface area contributed by atoms with Crippen molar-refractivity contribution < 1.29 is 52.7 Å². The average Bonchev–Trinajstić information content (AvgIpc) is 2.70. The molecule has 0 heterocycles. The van der Waals surface area contributed by atoms with Gasteiger partial charge in [-0.2, -0.15) is 26.3 Å². The molecule has 0 aliphatic heterocycles. The Kier molecular flexibility index (Phi) is 4.48. The molecule has 0 bridgehead atoms. The van der Waals surface area contributed by atoms with Crippen molar-refractivity contribution in [3.63, 3.8) is 0 Å². The molecule has 0 unspecified atom stereocenters. The van der Waals surface area contributed by atoms with Crippen LogP contribution in [0.15, 0.2) is 24.3 Å². The van der Waals surface area contributed by atoms with Gasteiger partial charge in [0.05, 0.1) is 0 Å². The fourth-order valence-corrected chi connectivity index (χ4v) is 2.88. The van der Waals surface area contributed by atoms with Gasteiger partial charge in [-0.15, -0.1) is 0 Å². The van der Waals surface area contributed by atoms with E-state index >= 15 is 0 Å². The van der Waals surface area contributed by atoms with E-state index in [2.05, 4.69) is 0 Å². The van der Waals surface area contributed by atoms with E-state index in [9.17, 15) is 52.7 Å². The van der Waals surface area contributed by atoms with Gasteiger partial charge < -0.3 is 0 Å². The molecule has 1 aliphatic carbocycles. The predicted molar refractivity (Wildman–Crippen MR) is 74.3 cm³/mol. The number of allylic oxidation sites excluding steroid dienone is 2. The number of alkyl halides is 6. The summed E-state index contributed by atoms with van der Waals surface area (Å²) in [5.74, 6) is -31.0. The van der Waals surface area contributed by atoms with Crippen LogP contribution in [0.3, 0.4) is 0 Å². The zero-order chi connectivity index (χ0) is 22.1. The fourth-order valence-electron chi connectivity index (χ4n) is 2.88. The van der Waals surface area contributed by atoms with E-state index in [4.69, 9.17) is 0 Å². The van der Waals surface area contributed by atoms with Crippen molar-refractivity contribution in [1.82, 2.24) is 0 Å². The van der Waals surface area contributed by atoms with Crippen molar-refractivity contribution in [2.75, 3.05) is 0 Å². The maximum Gasteiger partial charge on any atom is 0.380 e. The molecule has 0 nitrogen and oxygen atoms in total. The van der Waals surface area contributed by atoms with E-state index in [1.54, 1.807) is 0 Å². The molecule has 3 rings (SSSR count). The molecule has 0 aromatic heterocycles. The number of hydrogen-bond donors (Lipinski definition) is 0. The lowest BCUT2D eigenvalue weighted by molar-refractivity contribution is -0.254. The Hall–Kier alpha value is -2.66. The summed E-state index contributed by atoms with van der Waals surface area (Å²) in [6.45, 7) is 0. The average molecular weight is 436 g/mol. The van der Waals surface area contributed by atoms with E-state index < -0.39 is 74.9 Å². The Morgan fingerprint density at radius 3 is 0.931 bits per heavy atom. The lowest BCUT2D eigenvalue weighted by Crippen LogP contribution is -2.48. The van der Waals surface area contributed by atoms with Crippen LogP contribution in [0.5, 0.6) is 0 Å². The van der Waals surface area contributed by atoms with Crippen molar-refractivity contribution in [2.45, 2.75) is 17.8 Å². The first-order valence-corrected chi connectivity index (χ1v) is 7.33. The molecule has 1 aliphatic rings. The van der Waals surface area contributed by atoms with E-state index in [0.29, 0.717) is 0 Å². The summed E-state index contributed by atoms with van der Waals surface area (Å²) in [7, 11) is 0. The molecule has 156 valence electrons. The van der Waals surface area contributed by atoms with Crippen LogP contribution in [-0.4, -0.2) is 17.8 Å². The Bertz CT molecular complexity index is 923. The topological polar surface area (TPSA) is 0 Å². The molecule has 0 spiro atoms. The molecule has 29 heavy (non-hydrogen) atoms. The first-order chi connectivity index (χ1) is 13.1. The number of benzene rings is 2. The maximum absolute atomic E-state index is 14.3. The van der Waals surface area contributed by atoms with Crippen LogP contribution in [0.25, 0.3) is 11.1 Å². The third-order valence-corrected chi connectivity index (χ3v) is 4.21. The zero-order valence-electron chi connectivity index (χ0n) is 13.3. The van der Waals surface area contributed by atoms with Gasteiger partial charge >= 0.3 is 17.8 Å². The van der Waals surface area contributed by atoms with Crippen LogP contribution < -0.4 is 0 Å². The highest BCUT2D eigenvalue weighted by molar-refractivity contribution is 6.01. The molecule has 2 aromatic rings. The highest BCUT2D eigenvalue weighted by Crippen LogP contribution is 2.64. The molecule has 0 radical (unpaired) electrons. The van der Waals surface area contributed by atoms with Crippen molar-refractivity contribution >= 4 is 11.1 Å². The second kappa shape index (κ2) is 6.17. The minimum Gasteiger partial charge on any atom is -0.204 e. The zero-order valence-corrected chi connectivity index (χ0v) is 13.3. The number of halogens is 12. The third kappa shape index (κ3) is 2.71. The molecule has 0 atom stereocenters. The van der Waals surface area contributed by atoms with Crippen molar-refractivity contribution in [2.24, 2.45) is 0 Å². The summed E-state index contributed by atoms with van der Waals surface area (Å²) >= 11 is 0. The third-order valence-electron chi connectivity index (χ3n) is 4.21. The van der Waals surface area contributed by atoms with E-state index in [1.807, 2.05) is 0 Å². The highest BCUT2D eigenvalue weighted by atomic mass is 19.3. The summed E-state index contributed by atoms with van der Waals surface area (Å²) in [4.78, 5) is 0. The molecular formula is C17H4F12. The van der Waals surface area contributed by atoms with E-state index in [-0.39, 0.29) is 24.3 Å². The molecular weight excluding hydrogens is 432 g/mol. The second-order valence-corrected chi connectivity index (χ2v) is 5.98. The van der Waals surface area contributed by atoms with Crippen molar-refractivity contribution in [3.8, 4) is 0 Å². The Balaban J connectivity index is 2.48. The van der Waals surface area contributed by atoms with Crippen LogP contribution in [0, 0.1) is 34.9 Å². The SMILES string of the molecule is Fc1cc(C2=C(c3cc(F)c(F)c(F)c3)C(F)(F)C(F)(F)C2(F)F)cc(F)c1F. The van der Waals surface area contributed by atoms with Gasteiger partial charge in [0, 0.05) is 11.1 Å². The van der Waals surface area contributed by atoms with Crippen LogP contribution in [-0.2, 0) is 0 Å². The van der Waals surface area contributed by atoms with Gasteiger partial charge in [-0.25, -0.2) is 26.3 Å². The van der Waals surface area contributed by atoms with Crippen LogP contribution in [0.4, 0.5) is 52.7 Å². The molecule has 0 saturated heterocycles. The summed E-state index contributed by atoms with van der Waals surface area (Å²) in [5, 5.41) is 0. The summed E-state index contributed by atoms with van der Waals surface area (Å²) in [6, 6.07) is -1.07. The van der Waals surface area contributed by atoms with Crippen LogP contribution in [0.1, 0.15) is 11.1 Å². The van der Waals surface area contributed by atoms with Gasteiger partial charge in [0.25, 0.3) is 0 Å². The number of rotatable bonds is 2. The Morgan fingerprint density at radius 2 is 0.690 bits per heavy atom. The summed E-state index contributed by atoms with van der Waals surface area (Å²) < 4.78 is 165. The minimum atomic E-state index is -6.21. The second-order valence-electron chi connectivity index (χ2n) is 5.98. The Morgan fingerprint density at radius 1 is 0.448 bits per heavy atom. The van der Waals surface area contributed by atoms with Gasteiger partial charge in [0.1, 0.15) is 0 Å². The molecule has 0 fully saturated rings. The number of hydrogen-bond acceptors (Lipinski definition) is 0. The van der Waals surface area contributed by atoms with Gasteiger partial charge in [-0.3, -0.25) is 0 Å². The van der Waals surface area contributed by atoms with Gasteiger partial charge in [0.15, 0.2) is 34.9 Å². The molecule has 0 N–H and O–H groups in total. The van der Waals surface area contributed by atoms with E-state index in [1.165, 1.54) is 0 Å². The normalized spacial score (nSPS) is 19.7. The lowest BCUT2D eigenvalue weighted by Gasteiger charge is -2.25. The highest BCUT2D eigenvalue weighted by Gasteiger charge is 2.80. The van der Waals surface area contributed by atoms with Gasteiger partial charge in [-0.05, 0) is 35.4 Å². The van der Waals surface area contributed by atoms with Crippen LogP contribution >= 0.6 is 0 Å². The standard InChI is InChI=1S/C17H4F12/c18-7-1-5(2-8(19)13(7)22)11-12(6-3-9(20)14(23)10(21)4-6)16(26,27)17(28,29)15(11,24)25/h1-4H. The van der Waals surface area contributed by atoms with Crippen LogP contribution in [0.2, 0.25) is 0 Å². The first kappa shape index (κ1) is 21.1. The maximum atomic E-state index is 14.3. The summed E-state index contributed by atoms with van der Waals surface area (Å²) in [5.41, 5.74) is -8.09. The smallest absolute Gasteiger partial charge is 0.204 e. The Labute approximate surface area is 153 Å². The lowest BCUT2D eigenvalue weighted by atomic mass is 9.94. The molecule has 2 aromatic carbocycles. The van der Waals surface area contributed by atoms with Gasteiger partial charge in [-0.1, -0.05) is 0 Å². The minimum absolute atomic E-state index is 0.268.